The molecule has 0 bridgehead atoms. The third-order valence-electron chi connectivity index (χ3n) is 14.5. The quantitative estimate of drug-likeness (QED) is 0.161. The minimum atomic E-state index is -0.559. The summed E-state index contributed by atoms with van der Waals surface area (Å²) in [6.07, 6.45) is 0. The Labute approximate surface area is 394 Å². The van der Waals surface area contributed by atoms with Crippen LogP contribution in [-0.4, -0.2) is 0 Å². The summed E-state index contributed by atoms with van der Waals surface area (Å²) in [5, 5.41) is 5.23. The second kappa shape index (κ2) is 14.9. The SMILES string of the molecule is c1ccc(-c2ccccc2N(c2cccc(-c3ccc4c(c3)sc3ccc5ccccc5c34)c2-c2ccccc2)c2cccc3c2C2(c4ccccc4-c4ccccc42)c2ccccc2-3)cc1. The number of thiophene rings is 1. The number of para-hydroxylation sites is 1. The molecule has 2 aliphatic carbocycles. The maximum absolute atomic E-state index is 2.61. The van der Waals surface area contributed by atoms with Crippen molar-refractivity contribution in [3.63, 3.8) is 0 Å². The number of hydrogen-bond donors (Lipinski definition) is 0. The van der Waals surface area contributed by atoms with E-state index in [4.69, 9.17) is 0 Å². The highest BCUT2D eigenvalue weighted by molar-refractivity contribution is 7.26. The van der Waals surface area contributed by atoms with Crippen LogP contribution in [0.5, 0.6) is 0 Å². The van der Waals surface area contributed by atoms with Gasteiger partial charge in [0.15, 0.2) is 0 Å². The normalized spacial score (nSPS) is 12.9. The first-order valence-electron chi connectivity index (χ1n) is 23.2. The van der Waals surface area contributed by atoms with E-state index in [1.54, 1.807) is 0 Å². The fraction of sp³-hybridized carbons (Fsp3) is 0.0154. The molecule has 0 saturated carbocycles. The summed E-state index contributed by atoms with van der Waals surface area (Å²) in [4.78, 5) is 2.61. The zero-order valence-corrected chi connectivity index (χ0v) is 37.3. The van der Waals surface area contributed by atoms with Crippen molar-refractivity contribution in [1.82, 2.24) is 0 Å². The number of benzene rings is 11. The average Bonchev–Trinajstić information content (AvgIpc) is 4.04. The molecule has 11 aromatic carbocycles. The molecule has 1 spiro atoms. The summed E-state index contributed by atoms with van der Waals surface area (Å²) >= 11 is 1.89. The molecule has 1 nitrogen and oxygen atoms in total. The van der Waals surface area contributed by atoms with Crippen molar-refractivity contribution >= 4 is 59.3 Å². The van der Waals surface area contributed by atoms with Gasteiger partial charge < -0.3 is 4.90 Å². The third-order valence-corrected chi connectivity index (χ3v) is 15.6. The van der Waals surface area contributed by atoms with Crippen molar-refractivity contribution in [2.45, 2.75) is 5.41 Å². The Kier molecular flexibility index (Phi) is 8.44. The van der Waals surface area contributed by atoms with E-state index in [-0.39, 0.29) is 0 Å². The molecule has 0 unspecified atom stereocenters. The lowest BCUT2D eigenvalue weighted by Gasteiger charge is -2.37. The smallest absolute Gasteiger partial charge is 0.0746 e. The lowest BCUT2D eigenvalue weighted by atomic mass is 9.70. The van der Waals surface area contributed by atoms with Gasteiger partial charge in [-0.15, -0.1) is 11.3 Å². The van der Waals surface area contributed by atoms with Crippen LogP contribution in [0.4, 0.5) is 17.1 Å². The lowest BCUT2D eigenvalue weighted by molar-refractivity contribution is 0.793. The number of anilines is 3. The van der Waals surface area contributed by atoms with Gasteiger partial charge >= 0.3 is 0 Å². The molecule has 1 heterocycles. The monoisotopic (exact) mass is 867 g/mol. The predicted molar refractivity (Wildman–Crippen MR) is 284 cm³/mol. The highest BCUT2D eigenvalue weighted by atomic mass is 32.1. The average molecular weight is 868 g/mol. The van der Waals surface area contributed by atoms with Gasteiger partial charge in [-0.2, -0.15) is 0 Å². The molecule has 67 heavy (non-hydrogen) atoms. The molecule has 2 aliphatic rings. The summed E-state index contributed by atoms with van der Waals surface area (Å²) in [6.45, 7) is 0. The summed E-state index contributed by atoms with van der Waals surface area (Å²) in [5.74, 6) is 0. The van der Waals surface area contributed by atoms with Gasteiger partial charge in [0, 0.05) is 36.9 Å². The van der Waals surface area contributed by atoms with Crippen LogP contribution < -0.4 is 4.90 Å². The van der Waals surface area contributed by atoms with Crippen LogP contribution in [0.1, 0.15) is 22.3 Å². The molecule has 1 aromatic heterocycles. The van der Waals surface area contributed by atoms with E-state index < -0.39 is 5.41 Å². The molecule has 312 valence electrons. The van der Waals surface area contributed by atoms with Crippen LogP contribution >= 0.6 is 11.3 Å². The Hall–Kier alpha value is -8.30. The Morgan fingerprint density at radius 3 is 1.57 bits per heavy atom. The van der Waals surface area contributed by atoms with Crippen molar-refractivity contribution < 1.29 is 0 Å². The van der Waals surface area contributed by atoms with Crippen molar-refractivity contribution in [3.05, 3.63) is 271 Å². The van der Waals surface area contributed by atoms with E-state index in [1.165, 1.54) is 109 Å². The number of rotatable bonds is 6. The Morgan fingerprint density at radius 2 is 0.851 bits per heavy atom. The van der Waals surface area contributed by atoms with E-state index in [0.717, 1.165) is 17.1 Å². The van der Waals surface area contributed by atoms with Crippen LogP contribution in [-0.2, 0) is 5.41 Å². The summed E-state index contributed by atoms with van der Waals surface area (Å²) < 4.78 is 2.60. The molecular formula is C65H41NS. The standard InChI is InChI=1S/C65H41NS/c1-3-19-42(20-4-1)46-24-12-16-34-57(46)66(59-36-18-30-52-51-28-11-15-33-56(51)65(64(52)59)54-31-13-9-26-49(54)50-27-10-14-32-55(50)65)58-35-17-29-48(62(58)44-22-5-2-6-23-44)45-37-39-53-61(41-45)67-60-40-38-43-21-7-8-25-47(43)63(53)60/h1-41H. The maximum atomic E-state index is 2.61. The molecule has 0 amide bonds. The molecule has 14 rings (SSSR count). The second-order valence-electron chi connectivity index (χ2n) is 17.8. The van der Waals surface area contributed by atoms with Gasteiger partial charge in [0.25, 0.3) is 0 Å². The van der Waals surface area contributed by atoms with Crippen LogP contribution in [0, 0.1) is 0 Å². The van der Waals surface area contributed by atoms with Crippen molar-refractivity contribution in [3.8, 4) is 55.6 Å². The van der Waals surface area contributed by atoms with Gasteiger partial charge in [-0.3, -0.25) is 0 Å². The van der Waals surface area contributed by atoms with Gasteiger partial charge in [-0.25, -0.2) is 0 Å². The second-order valence-corrected chi connectivity index (χ2v) is 18.9. The first-order chi connectivity index (χ1) is 33.3. The van der Waals surface area contributed by atoms with E-state index in [1.807, 2.05) is 11.3 Å². The van der Waals surface area contributed by atoms with E-state index >= 15 is 0 Å². The van der Waals surface area contributed by atoms with Crippen molar-refractivity contribution in [1.29, 1.82) is 0 Å². The summed E-state index contributed by atoms with van der Waals surface area (Å²) in [6, 6.07) is 92.8. The van der Waals surface area contributed by atoms with Crippen molar-refractivity contribution in [2.24, 2.45) is 0 Å². The van der Waals surface area contributed by atoms with Gasteiger partial charge in [-0.1, -0.05) is 218 Å². The van der Waals surface area contributed by atoms with Gasteiger partial charge in [-0.05, 0) is 102 Å². The third kappa shape index (κ3) is 5.48. The van der Waals surface area contributed by atoms with Gasteiger partial charge in [0.1, 0.15) is 0 Å². The molecule has 0 saturated heterocycles. The zero-order valence-electron chi connectivity index (χ0n) is 36.5. The minimum Gasteiger partial charge on any atom is -0.309 e. The topological polar surface area (TPSA) is 3.24 Å². The molecular weight excluding hydrogens is 827 g/mol. The largest absolute Gasteiger partial charge is 0.309 e. The fourth-order valence-corrected chi connectivity index (χ4v) is 13.0. The van der Waals surface area contributed by atoms with Crippen LogP contribution in [0.15, 0.2) is 249 Å². The van der Waals surface area contributed by atoms with Gasteiger partial charge in [0.05, 0.1) is 22.5 Å². The Bertz CT molecular complexity index is 3870. The number of fused-ring (bicyclic) bond motifs is 15. The molecule has 0 aliphatic heterocycles. The Balaban J connectivity index is 1.10. The van der Waals surface area contributed by atoms with E-state index in [9.17, 15) is 0 Å². The highest BCUT2D eigenvalue weighted by Crippen LogP contribution is 2.66. The summed E-state index contributed by atoms with van der Waals surface area (Å²) in [5.41, 5.74) is 20.3. The van der Waals surface area contributed by atoms with E-state index in [0.29, 0.717) is 0 Å². The lowest BCUT2D eigenvalue weighted by Crippen LogP contribution is -2.28. The van der Waals surface area contributed by atoms with Crippen molar-refractivity contribution in [2.75, 3.05) is 4.90 Å². The Morgan fingerprint density at radius 1 is 0.313 bits per heavy atom. The zero-order chi connectivity index (χ0) is 44.1. The predicted octanol–water partition coefficient (Wildman–Crippen LogP) is 18.0. The van der Waals surface area contributed by atoms with Crippen LogP contribution in [0.25, 0.3) is 86.6 Å². The molecule has 12 aromatic rings. The number of nitrogens with zero attached hydrogens (tertiary/aromatic N) is 1. The van der Waals surface area contributed by atoms with Crippen LogP contribution in [0.2, 0.25) is 0 Å². The molecule has 0 N–H and O–H groups in total. The number of hydrogen-bond acceptors (Lipinski definition) is 2. The molecule has 0 fully saturated rings. The summed E-state index contributed by atoms with van der Waals surface area (Å²) in [7, 11) is 0. The first kappa shape index (κ1) is 38.0. The minimum absolute atomic E-state index is 0.559. The fourth-order valence-electron chi connectivity index (χ4n) is 11.8. The highest BCUT2D eigenvalue weighted by Gasteiger charge is 2.53. The molecule has 0 radical (unpaired) electrons. The van der Waals surface area contributed by atoms with Crippen LogP contribution in [0.3, 0.4) is 0 Å². The molecule has 0 atom stereocenters. The molecule has 2 heteroatoms. The van der Waals surface area contributed by atoms with Gasteiger partial charge in [0.2, 0.25) is 0 Å². The first-order valence-corrected chi connectivity index (χ1v) is 24.0. The maximum Gasteiger partial charge on any atom is 0.0746 e. The van der Waals surface area contributed by atoms with E-state index in [2.05, 4.69) is 254 Å².